The molecule has 0 radical (unpaired) electrons. The van der Waals surface area contributed by atoms with E-state index in [0.717, 1.165) is 18.4 Å². The van der Waals surface area contributed by atoms with Gasteiger partial charge in [-0.1, -0.05) is 44.7 Å². The zero-order valence-electron chi connectivity index (χ0n) is 14.1. The van der Waals surface area contributed by atoms with Crippen molar-refractivity contribution >= 4 is 17.9 Å². The molecule has 0 saturated carbocycles. The van der Waals surface area contributed by atoms with Crippen LogP contribution in [0.1, 0.15) is 47.0 Å². The number of nitrogens with one attached hydrogen (secondary N) is 1. The van der Waals surface area contributed by atoms with Gasteiger partial charge in [-0.2, -0.15) is 5.10 Å². The number of amides is 1. The minimum Gasteiger partial charge on any atom is -0.321 e. The molecule has 0 aliphatic carbocycles. The number of unbranched alkanes of at least 4 members (excludes halogenated alkanes) is 1. The van der Waals surface area contributed by atoms with E-state index in [1.807, 2.05) is 32.1 Å². The Hall–Kier alpha value is -2.01. The molecule has 0 aliphatic rings. The Bertz CT molecular complexity index is 424. The van der Waals surface area contributed by atoms with Crippen LogP contribution in [-0.2, 0) is 9.59 Å². The lowest BCUT2D eigenvalue weighted by molar-refractivity contribution is -0.119. The van der Waals surface area contributed by atoms with E-state index in [1.165, 1.54) is 13.8 Å². The van der Waals surface area contributed by atoms with Gasteiger partial charge in [-0.3, -0.25) is 9.59 Å². The molecule has 5 nitrogen and oxygen atoms in total. The molecule has 5 heteroatoms. The van der Waals surface area contributed by atoms with Crippen molar-refractivity contribution in [3.8, 4) is 0 Å². The normalized spacial score (nSPS) is 12.7. The number of Topliss-reactive ketones (excluding diaryl/α,β-unsaturated/α-hetero) is 1. The van der Waals surface area contributed by atoms with Crippen LogP contribution in [0.5, 0.6) is 0 Å². The van der Waals surface area contributed by atoms with Crippen molar-refractivity contribution in [2.45, 2.75) is 53.0 Å². The van der Waals surface area contributed by atoms with Gasteiger partial charge in [0.2, 0.25) is 5.91 Å². The van der Waals surface area contributed by atoms with Gasteiger partial charge in [0.05, 0.1) is 6.04 Å². The smallest absolute Gasteiger partial charge is 0.236 e. The Morgan fingerprint density at radius 2 is 1.91 bits per heavy atom. The van der Waals surface area contributed by atoms with Gasteiger partial charge in [-0.15, -0.1) is 0 Å². The van der Waals surface area contributed by atoms with Crippen LogP contribution in [-0.4, -0.2) is 23.9 Å². The Morgan fingerprint density at radius 3 is 2.41 bits per heavy atom. The Balaban J connectivity index is 0. The van der Waals surface area contributed by atoms with Gasteiger partial charge in [0.25, 0.3) is 0 Å². The molecule has 1 unspecified atom stereocenters. The van der Waals surface area contributed by atoms with E-state index in [-0.39, 0.29) is 11.7 Å². The topological polar surface area (TPSA) is 84.6 Å². The molecule has 0 rings (SSSR count). The number of carbonyl (C=O) groups excluding carboxylic acids is 2. The van der Waals surface area contributed by atoms with Gasteiger partial charge < -0.3 is 5.73 Å². The number of ketones is 1. The zero-order chi connectivity index (χ0) is 17.4. The van der Waals surface area contributed by atoms with Gasteiger partial charge >= 0.3 is 0 Å². The number of carbonyl (C=O) groups is 2. The van der Waals surface area contributed by atoms with E-state index in [9.17, 15) is 9.59 Å². The Morgan fingerprint density at radius 1 is 1.27 bits per heavy atom. The summed E-state index contributed by atoms with van der Waals surface area (Å²) < 4.78 is 0. The summed E-state index contributed by atoms with van der Waals surface area (Å²) in [6.07, 6.45) is 11.1. The van der Waals surface area contributed by atoms with Crippen molar-refractivity contribution in [1.82, 2.24) is 5.43 Å². The molecule has 124 valence electrons. The second-order valence-corrected chi connectivity index (χ2v) is 4.36. The second-order valence-electron chi connectivity index (χ2n) is 4.36. The zero-order valence-corrected chi connectivity index (χ0v) is 14.1. The fourth-order valence-electron chi connectivity index (χ4n) is 1.35. The third-order valence-electron chi connectivity index (χ3n) is 2.42. The molecule has 0 aromatic carbocycles. The van der Waals surface area contributed by atoms with E-state index in [1.54, 1.807) is 12.3 Å². The van der Waals surface area contributed by atoms with Crippen LogP contribution < -0.4 is 11.2 Å². The summed E-state index contributed by atoms with van der Waals surface area (Å²) in [7, 11) is 0. The number of allylic oxidation sites excluding steroid dienone is 4. The summed E-state index contributed by atoms with van der Waals surface area (Å²) in [4.78, 5) is 21.7. The molecule has 0 bridgehead atoms. The maximum atomic E-state index is 11.1. The van der Waals surface area contributed by atoms with E-state index < -0.39 is 6.04 Å². The highest BCUT2D eigenvalue weighted by atomic mass is 16.2. The molecular formula is C17H29N3O2. The number of nitrogens with zero attached hydrogens (tertiary/aromatic N) is 1. The lowest BCUT2D eigenvalue weighted by Gasteiger charge is -2.07. The average molecular weight is 307 g/mol. The molecule has 1 atom stereocenters. The Kier molecular flexibility index (Phi) is 15.6. The first-order valence-electron chi connectivity index (χ1n) is 7.49. The van der Waals surface area contributed by atoms with Crippen LogP contribution in [0, 0.1) is 0 Å². The SMILES string of the molecule is C=C/C=C(\C=C/CC/C=N/NC(C)=O)CC(N)C(C)=O.CC. The fourth-order valence-corrected chi connectivity index (χ4v) is 1.35. The first kappa shape index (κ1) is 22.3. The summed E-state index contributed by atoms with van der Waals surface area (Å²) in [6, 6.07) is -0.479. The summed E-state index contributed by atoms with van der Waals surface area (Å²) in [6.45, 7) is 10.5. The van der Waals surface area contributed by atoms with Crippen molar-refractivity contribution in [3.63, 3.8) is 0 Å². The molecule has 1 amide bonds. The predicted octanol–water partition coefficient (Wildman–Crippen LogP) is 2.89. The van der Waals surface area contributed by atoms with Crippen LogP contribution in [0.25, 0.3) is 0 Å². The number of hydrogen-bond acceptors (Lipinski definition) is 4. The highest BCUT2D eigenvalue weighted by molar-refractivity contribution is 5.81. The van der Waals surface area contributed by atoms with Crippen LogP contribution in [0.4, 0.5) is 0 Å². The van der Waals surface area contributed by atoms with Gasteiger partial charge in [0, 0.05) is 13.1 Å². The predicted molar refractivity (Wildman–Crippen MR) is 93.6 cm³/mol. The fraction of sp³-hybridized carbons (Fsp3) is 0.471. The molecule has 3 N–H and O–H groups in total. The monoisotopic (exact) mass is 307 g/mol. The number of nitrogens with two attached hydrogens (primary N) is 1. The first-order valence-corrected chi connectivity index (χ1v) is 7.49. The quantitative estimate of drug-likeness (QED) is 0.297. The van der Waals surface area contributed by atoms with E-state index >= 15 is 0 Å². The lowest BCUT2D eigenvalue weighted by atomic mass is 10.0. The van der Waals surface area contributed by atoms with Crippen LogP contribution in [0.2, 0.25) is 0 Å². The van der Waals surface area contributed by atoms with E-state index in [4.69, 9.17) is 5.73 Å². The van der Waals surface area contributed by atoms with Gasteiger partial charge in [-0.25, -0.2) is 5.43 Å². The molecular weight excluding hydrogens is 278 g/mol. The number of hydrazone groups is 1. The standard InChI is InChI=1S/C15H23N3O2.C2H6/c1-4-8-14(11-15(16)12(2)19)9-6-5-7-10-17-18-13(3)20;1-2/h4,6,8-10,15H,1,5,7,11,16H2,2-3H3,(H,18,20);1-2H3/b9-6-,14-8+,17-10+;. The summed E-state index contributed by atoms with van der Waals surface area (Å²) in [5, 5.41) is 3.74. The van der Waals surface area contributed by atoms with Crippen LogP contribution >= 0.6 is 0 Å². The molecule has 0 heterocycles. The van der Waals surface area contributed by atoms with Gasteiger partial charge in [0.1, 0.15) is 5.78 Å². The van der Waals surface area contributed by atoms with Crippen molar-refractivity contribution in [2.24, 2.45) is 10.8 Å². The third kappa shape index (κ3) is 14.4. The largest absolute Gasteiger partial charge is 0.321 e. The van der Waals surface area contributed by atoms with Crippen molar-refractivity contribution in [2.75, 3.05) is 0 Å². The van der Waals surface area contributed by atoms with Crippen molar-refractivity contribution in [1.29, 1.82) is 0 Å². The Labute approximate surface area is 134 Å². The van der Waals surface area contributed by atoms with Crippen LogP contribution in [0.3, 0.4) is 0 Å². The summed E-state index contributed by atoms with van der Waals surface area (Å²) >= 11 is 0. The van der Waals surface area contributed by atoms with E-state index in [2.05, 4.69) is 17.1 Å². The van der Waals surface area contributed by atoms with Gasteiger partial charge in [-0.05, 0) is 31.8 Å². The molecule has 22 heavy (non-hydrogen) atoms. The van der Waals surface area contributed by atoms with E-state index in [0.29, 0.717) is 6.42 Å². The number of rotatable bonds is 9. The molecule has 0 spiro atoms. The molecule has 0 aromatic heterocycles. The van der Waals surface area contributed by atoms with Crippen LogP contribution in [0.15, 0.2) is 41.6 Å². The molecule has 0 fully saturated rings. The molecule has 0 aromatic rings. The lowest BCUT2D eigenvalue weighted by Crippen LogP contribution is -2.28. The molecule has 0 saturated heterocycles. The van der Waals surface area contributed by atoms with Crippen molar-refractivity contribution in [3.05, 3.63) is 36.5 Å². The summed E-state index contributed by atoms with van der Waals surface area (Å²) in [5.74, 6) is -0.220. The maximum absolute atomic E-state index is 11.1. The van der Waals surface area contributed by atoms with Crippen molar-refractivity contribution < 1.29 is 9.59 Å². The highest BCUT2D eigenvalue weighted by Crippen LogP contribution is 2.08. The minimum absolute atomic E-state index is 0.0317. The third-order valence-corrected chi connectivity index (χ3v) is 2.42. The van der Waals surface area contributed by atoms with Gasteiger partial charge in [0.15, 0.2) is 0 Å². The maximum Gasteiger partial charge on any atom is 0.236 e. The highest BCUT2D eigenvalue weighted by Gasteiger charge is 2.08. The second kappa shape index (κ2) is 15.4. The summed E-state index contributed by atoms with van der Waals surface area (Å²) in [5.41, 5.74) is 9.02. The minimum atomic E-state index is -0.479. The average Bonchev–Trinajstić information content (AvgIpc) is 2.47. The first-order chi connectivity index (χ1) is 10.5. The molecule has 0 aliphatic heterocycles. The number of hydrogen-bond donors (Lipinski definition) is 2.